The summed E-state index contributed by atoms with van der Waals surface area (Å²) < 4.78 is 5.29. The highest BCUT2D eigenvalue weighted by atomic mass is 35.5. The lowest BCUT2D eigenvalue weighted by Gasteiger charge is -2.29. The van der Waals surface area contributed by atoms with Crippen molar-refractivity contribution < 1.29 is 14.3 Å². The zero-order valence-electron chi connectivity index (χ0n) is 16.5. The Labute approximate surface area is 169 Å². The van der Waals surface area contributed by atoms with Crippen LogP contribution in [0.3, 0.4) is 0 Å². The van der Waals surface area contributed by atoms with Crippen LogP contribution < -0.4 is 10.6 Å². The molecule has 3 rings (SSSR count). The molecular weight excluding hydrogens is 380 g/mol. The molecule has 0 aliphatic heterocycles. The Morgan fingerprint density at radius 2 is 1.96 bits per heavy atom. The van der Waals surface area contributed by atoms with Gasteiger partial charge in [-0.3, -0.25) is 4.79 Å². The topological polar surface area (TPSA) is 96.1 Å². The van der Waals surface area contributed by atoms with Crippen molar-refractivity contribution in [1.82, 2.24) is 20.6 Å². The maximum atomic E-state index is 12.5. The summed E-state index contributed by atoms with van der Waals surface area (Å²) in [5.41, 5.74) is 1.16. The first-order valence-corrected chi connectivity index (χ1v) is 9.99. The molecule has 2 aromatic rings. The number of benzene rings is 1. The van der Waals surface area contributed by atoms with Crippen molar-refractivity contribution in [2.45, 2.75) is 64.6 Å². The molecule has 3 N–H and O–H groups in total. The monoisotopic (exact) mass is 406 g/mol. The van der Waals surface area contributed by atoms with Gasteiger partial charge in [0.15, 0.2) is 0 Å². The van der Waals surface area contributed by atoms with Gasteiger partial charge in [-0.2, -0.15) is 0 Å². The van der Waals surface area contributed by atoms with Gasteiger partial charge in [0.2, 0.25) is 5.91 Å². The molecule has 7 nitrogen and oxygen atoms in total. The zero-order valence-corrected chi connectivity index (χ0v) is 17.2. The average molecular weight is 407 g/mol. The van der Waals surface area contributed by atoms with Gasteiger partial charge in [-0.05, 0) is 64.7 Å². The van der Waals surface area contributed by atoms with Gasteiger partial charge >= 0.3 is 6.09 Å². The number of H-pyrrole nitrogens is 1. The van der Waals surface area contributed by atoms with Crippen molar-refractivity contribution >= 4 is 34.6 Å². The number of imidazole rings is 1. The SMILES string of the molecule is CC(C)(C)OC(=O)NC1CCC(C(=O)NCc2nc3cc(Cl)ccc3[nH]2)CC1. The van der Waals surface area contributed by atoms with E-state index in [0.29, 0.717) is 17.4 Å². The van der Waals surface area contributed by atoms with Crippen molar-refractivity contribution in [1.29, 1.82) is 0 Å². The van der Waals surface area contributed by atoms with Crippen LogP contribution in [0.2, 0.25) is 5.02 Å². The van der Waals surface area contributed by atoms with E-state index < -0.39 is 11.7 Å². The van der Waals surface area contributed by atoms with Crippen LogP contribution in [0, 0.1) is 5.92 Å². The molecule has 0 unspecified atom stereocenters. The summed E-state index contributed by atoms with van der Waals surface area (Å²) >= 11 is 5.97. The third kappa shape index (κ3) is 5.61. The Bertz CT molecular complexity index is 851. The molecule has 28 heavy (non-hydrogen) atoms. The fourth-order valence-corrected chi connectivity index (χ4v) is 3.57. The molecule has 1 aromatic heterocycles. The highest BCUT2D eigenvalue weighted by Gasteiger charge is 2.28. The van der Waals surface area contributed by atoms with Gasteiger partial charge in [0, 0.05) is 17.0 Å². The number of hydrogen-bond acceptors (Lipinski definition) is 4. The normalized spacial score (nSPS) is 20.0. The Kier molecular flexibility index (Phi) is 6.13. The zero-order chi connectivity index (χ0) is 20.3. The fraction of sp³-hybridized carbons (Fsp3) is 0.550. The molecule has 152 valence electrons. The van der Waals surface area contributed by atoms with Crippen LogP contribution in [-0.2, 0) is 16.1 Å². The summed E-state index contributed by atoms with van der Waals surface area (Å²) in [4.78, 5) is 32.0. The van der Waals surface area contributed by atoms with Crippen LogP contribution >= 0.6 is 11.6 Å². The smallest absolute Gasteiger partial charge is 0.407 e. The van der Waals surface area contributed by atoms with E-state index in [4.69, 9.17) is 16.3 Å². The minimum atomic E-state index is -0.511. The van der Waals surface area contributed by atoms with E-state index in [1.54, 1.807) is 12.1 Å². The van der Waals surface area contributed by atoms with Crippen molar-refractivity contribution in [2.75, 3.05) is 0 Å². The summed E-state index contributed by atoms with van der Waals surface area (Å²) in [5, 5.41) is 6.48. The van der Waals surface area contributed by atoms with E-state index in [0.717, 1.165) is 36.7 Å². The van der Waals surface area contributed by atoms with Gasteiger partial charge in [0.1, 0.15) is 11.4 Å². The highest BCUT2D eigenvalue weighted by Crippen LogP contribution is 2.25. The number of amides is 2. The first kappa shape index (κ1) is 20.5. The number of halogens is 1. The van der Waals surface area contributed by atoms with E-state index in [2.05, 4.69) is 20.6 Å². The Morgan fingerprint density at radius 1 is 1.25 bits per heavy atom. The number of fused-ring (bicyclic) bond motifs is 1. The second-order valence-corrected chi connectivity index (χ2v) is 8.69. The van der Waals surface area contributed by atoms with E-state index in [1.807, 2.05) is 26.8 Å². The van der Waals surface area contributed by atoms with Crippen molar-refractivity contribution in [3.05, 3.63) is 29.0 Å². The van der Waals surface area contributed by atoms with Crippen LogP contribution in [0.1, 0.15) is 52.3 Å². The molecule has 1 aromatic carbocycles. The third-order valence-corrected chi connectivity index (χ3v) is 4.98. The minimum absolute atomic E-state index is 0.0224. The molecule has 0 spiro atoms. The number of ether oxygens (including phenoxy) is 1. The minimum Gasteiger partial charge on any atom is -0.444 e. The number of nitrogens with zero attached hydrogens (tertiary/aromatic N) is 1. The highest BCUT2D eigenvalue weighted by molar-refractivity contribution is 6.31. The Balaban J connectivity index is 1.44. The number of rotatable bonds is 4. The molecule has 0 bridgehead atoms. The van der Waals surface area contributed by atoms with Crippen molar-refractivity contribution in [2.24, 2.45) is 5.92 Å². The fourth-order valence-electron chi connectivity index (χ4n) is 3.40. The number of hydrogen-bond donors (Lipinski definition) is 3. The molecule has 2 amide bonds. The number of aromatic amines is 1. The van der Waals surface area contributed by atoms with Gasteiger partial charge < -0.3 is 20.4 Å². The Hall–Kier alpha value is -2.28. The summed E-state index contributed by atoms with van der Waals surface area (Å²) in [6.07, 6.45) is 2.61. The van der Waals surface area contributed by atoms with Crippen LogP contribution in [0.4, 0.5) is 4.79 Å². The maximum Gasteiger partial charge on any atom is 0.407 e. The van der Waals surface area contributed by atoms with E-state index in [9.17, 15) is 9.59 Å². The third-order valence-electron chi connectivity index (χ3n) is 4.74. The molecular formula is C20H27ClN4O3. The van der Waals surface area contributed by atoms with E-state index in [-0.39, 0.29) is 17.9 Å². The van der Waals surface area contributed by atoms with Crippen molar-refractivity contribution in [3.63, 3.8) is 0 Å². The number of alkyl carbamates (subject to hydrolysis) is 1. The van der Waals surface area contributed by atoms with Crippen LogP contribution in [0.25, 0.3) is 11.0 Å². The van der Waals surface area contributed by atoms with Gasteiger partial charge in [0.05, 0.1) is 17.6 Å². The predicted molar refractivity (Wildman–Crippen MR) is 108 cm³/mol. The Morgan fingerprint density at radius 3 is 2.64 bits per heavy atom. The van der Waals surface area contributed by atoms with Crippen LogP contribution in [0.15, 0.2) is 18.2 Å². The maximum absolute atomic E-state index is 12.5. The number of carbonyl (C=O) groups excluding carboxylic acids is 2. The average Bonchev–Trinajstić information content (AvgIpc) is 3.00. The quantitative estimate of drug-likeness (QED) is 0.717. The first-order valence-electron chi connectivity index (χ1n) is 9.61. The van der Waals surface area contributed by atoms with Gasteiger partial charge in [-0.25, -0.2) is 9.78 Å². The second-order valence-electron chi connectivity index (χ2n) is 8.26. The summed E-state index contributed by atoms with van der Waals surface area (Å²) in [5.74, 6) is 0.676. The summed E-state index contributed by atoms with van der Waals surface area (Å²) in [7, 11) is 0. The summed E-state index contributed by atoms with van der Waals surface area (Å²) in [6, 6.07) is 5.51. The predicted octanol–water partition coefficient (Wildman–Crippen LogP) is 3.92. The molecule has 0 saturated heterocycles. The van der Waals surface area contributed by atoms with E-state index in [1.165, 1.54) is 0 Å². The second kappa shape index (κ2) is 8.39. The van der Waals surface area contributed by atoms with Crippen LogP contribution in [-0.4, -0.2) is 33.6 Å². The molecule has 1 fully saturated rings. The largest absolute Gasteiger partial charge is 0.444 e. The number of nitrogens with one attached hydrogen (secondary N) is 3. The first-order chi connectivity index (χ1) is 13.2. The summed E-state index contributed by atoms with van der Waals surface area (Å²) in [6.45, 7) is 5.86. The van der Waals surface area contributed by atoms with E-state index >= 15 is 0 Å². The number of carbonyl (C=O) groups is 2. The van der Waals surface area contributed by atoms with Gasteiger partial charge in [-0.15, -0.1) is 0 Å². The van der Waals surface area contributed by atoms with Crippen molar-refractivity contribution in [3.8, 4) is 0 Å². The molecule has 8 heteroatoms. The van der Waals surface area contributed by atoms with Crippen LogP contribution in [0.5, 0.6) is 0 Å². The molecule has 1 aliphatic carbocycles. The lowest BCUT2D eigenvalue weighted by molar-refractivity contribution is -0.126. The van der Waals surface area contributed by atoms with Gasteiger partial charge in [-0.1, -0.05) is 11.6 Å². The standard InChI is InChI=1S/C20H27ClN4O3/c1-20(2,3)28-19(27)23-14-7-4-12(5-8-14)18(26)22-11-17-24-15-9-6-13(21)10-16(15)25-17/h6,9-10,12,14H,4-5,7-8,11H2,1-3H3,(H,22,26)(H,23,27)(H,24,25). The lowest BCUT2D eigenvalue weighted by Crippen LogP contribution is -2.42. The molecule has 1 aliphatic rings. The molecule has 0 atom stereocenters. The molecule has 0 radical (unpaired) electrons. The number of aromatic nitrogens is 2. The lowest BCUT2D eigenvalue weighted by atomic mass is 9.85. The van der Waals surface area contributed by atoms with Gasteiger partial charge in [0.25, 0.3) is 0 Å². The molecule has 1 heterocycles. The molecule has 1 saturated carbocycles.